The third-order valence-electron chi connectivity index (χ3n) is 2.30. The molecule has 2 rings (SSSR count). The van der Waals surface area contributed by atoms with E-state index in [0.29, 0.717) is 12.8 Å². The molecule has 0 aliphatic carbocycles. The van der Waals surface area contributed by atoms with Gasteiger partial charge < -0.3 is 5.32 Å². The van der Waals surface area contributed by atoms with Crippen molar-refractivity contribution in [2.24, 2.45) is 0 Å². The highest BCUT2D eigenvalue weighted by molar-refractivity contribution is 5.90. The van der Waals surface area contributed by atoms with Crippen molar-refractivity contribution in [1.82, 2.24) is 9.97 Å². The van der Waals surface area contributed by atoms with E-state index in [1.54, 1.807) is 30.7 Å². The van der Waals surface area contributed by atoms with Crippen molar-refractivity contribution in [1.29, 1.82) is 0 Å². The lowest BCUT2D eigenvalue weighted by Gasteiger charge is -2.04. The fourth-order valence-electron chi connectivity index (χ4n) is 1.45. The van der Waals surface area contributed by atoms with Gasteiger partial charge >= 0.3 is 0 Å². The van der Waals surface area contributed by atoms with Gasteiger partial charge in [-0.3, -0.25) is 14.8 Å². The molecule has 2 aromatic heterocycles. The summed E-state index contributed by atoms with van der Waals surface area (Å²) < 4.78 is 0. The van der Waals surface area contributed by atoms with Crippen molar-refractivity contribution in [3.8, 4) is 0 Å². The standard InChI is InChI=1S/C13H13N3O/c17-13(16-12-6-9-14-10-7-12)5-4-11-3-1-2-8-15-11/h1-3,6-10H,4-5H2,(H,14,16,17). The van der Waals surface area contributed by atoms with Crippen molar-refractivity contribution in [2.45, 2.75) is 12.8 Å². The van der Waals surface area contributed by atoms with E-state index >= 15 is 0 Å². The van der Waals surface area contributed by atoms with Crippen molar-refractivity contribution in [3.05, 3.63) is 54.6 Å². The van der Waals surface area contributed by atoms with Gasteiger partial charge in [0.1, 0.15) is 0 Å². The van der Waals surface area contributed by atoms with Gasteiger partial charge in [-0.05, 0) is 30.7 Å². The van der Waals surface area contributed by atoms with Crippen LogP contribution in [0.4, 0.5) is 5.69 Å². The maximum Gasteiger partial charge on any atom is 0.224 e. The van der Waals surface area contributed by atoms with Gasteiger partial charge in [-0.1, -0.05) is 6.07 Å². The molecule has 2 heterocycles. The van der Waals surface area contributed by atoms with Crippen molar-refractivity contribution >= 4 is 11.6 Å². The fourth-order valence-corrected chi connectivity index (χ4v) is 1.45. The van der Waals surface area contributed by atoms with Crippen LogP contribution >= 0.6 is 0 Å². The molecule has 0 fully saturated rings. The van der Waals surface area contributed by atoms with E-state index in [0.717, 1.165) is 11.4 Å². The highest BCUT2D eigenvalue weighted by Crippen LogP contribution is 2.05. The molecule has 4 nitrogen and oxygen atoms in total. The molecule has 86 valence electrons. The largest absolute Gasteiger partial charge is 0.326 e. The lowest BCUT2D eigenvalue weighted by Crippen LogP contribution is -2.12. The number of carbonyl (C=O) groups is 1. The van der Waals surface area contributed by atoms with Crippen LogP contribution in [0.5, 0.6) is 0 Å². The minimum absolute atomic E-state index is 0.0122. The first kappa shape index (κ1) is 11.3. The number of hydrogen-bond acceptors (Lipinski definition) is 3. The quantitative estimate of drug-likeness (QED) is 0.869. The Labute approximate surface area is 99.7 Å². The predicted molar refractivity (Wildman–Crippen MR) is 65.4 cm³/mol. The number of nitrogens with one attached hydrogen (secondary N) is 1. The molecule has 0 saturated heterocycles. The van der Waals surface area contributed by atoms with Crippen molar-refractivity contribution in [2.75, 3.05) is 5.32 Å². The minimum Gasteiger partial charge on any atom is -0.326 e. The summed E-state index contributed by atoms with van der Waals surface area (Å²) in [4.78, 5) is 19.7. The fraction of sp³-hybridized carbons (Fsp3) is 0.154. The van der Waals surface area contributed by atoms with Gasteiger partial charge in [0.2, 0.25) is 5.91 Å². The highest BCUT2D eigenvalue weighted by atomic mass is 16.1. The van der Waals surface area contributed by atoms with E-state index in [1.165, 1.54) is 0 Å². The summed E-state index contributed by atoms with van der Waals surface area (Å²) in [7, 11) is 0. The molecule has 2 aromatic rings. The minimum atomic E-state index is -0.0122. The maximum absolute atomic E-state index is 11.6. The van der Waals surface area contributed by atoms with Gasteiger partial charge in [-0.2, -0.15) is 0 Å². The Balaban J connectivity index is 1.83. The first-order valence-electron chi connectivity index (χ1n) is 5.44. The molecule has 0 aliphatic rings. The van der Waals surface area contributed by atoms with E-state index in [9.17, 15) is 4.79 Å². The number of aromatic nitrogens is 2. The Bertz CT molecular complexity index is 471. The molecular weight excluding hydrogens is 214 g/mol. The van der Waals surface area contributed by atoms with E-state index in [1.807, 2.05) is 18.2 Å². The van der Waals surface area contributed by atoms with E-state index in [2.05, 4.69) is 15.3 Å². The summed E-state index contributed by atoms with van der Waals surface area (Å²) in [5.41, 5.74) is 1.70. The molecule has 0 bridgehead atoms. The first-order valence-corrected chi connectivity index (χ1v) is 5.44. The SMILES string of the molecule is O=C(CCc1ccccn1)Nc1ccncc1. The maximum atomic E-state index is 11.6. The van der Waals surface area contributed by atoms with Crippen LogP contribution in [-0.4, -0.2) is 15.9 Å². The second kappa shape index (κ2) is 5.75. The van der Waals surface area contributed by atoms with Gasteiger partial charge in [0.25, 0.3) is 0 Å². The molecule has 1 amide bonds. The van der Waals surface area contributed by atoms with Crippen LogP contribution in [0.1, 0.15) is 12.1 Å². The molecule has 0 radical (unpaired) electrons. The van der Waals surface area contributed by atoms with Gasteiger partial charge in [0, 0.05) is 36.4 Å². The summed E-state index contributed by atoms with van der Waals surface area (Å²) in [6.45, 7) is 0. The number of carbonyl (C=O) groups excluding carboxylic acids is 1. The molecular formula is C13H13N3O. The summed E-state index contributed by atoms with van der Waals surface area (Å²) in [5.74, 6) is -0.0122. The van der Waals surface area contributed by atoms with E-state index in [-0.39, 0.29) is 5.91 Å². The van der Waals surface area contributed by atoms with Crippen LogP contribution in [0.25, 0.3) is 0 Å². The smallest absolute Gasteiger partial charge is 0.224 e. The zero-order chi connectivity index (χ0) is 11.9. The van der Waals surface area contributed by atoms with Crippen LogP contribution in [-0.2, 0) is 11.2 Å². The number of pyridine rings is 2. The normalized spacial score (nSPS) is 9.88. The molecule has 0 aromatic carbocycles. The van der Waals surface area contributed by atoms with Gasteiger partial charge in [-0.15, -0.1) is 0 Å². The Hall–Kier alpha value is -2.23. The molecule has 0 atom stereocenters. The average Bonchev–Trinajstić information content (AvgIpc) is 2.39. The van der Waals surface area contributed by atoms with E-state index < -0.39 is 0 Å². The van der Waals surface area contributed by atoms with E-state index in [4.69, 9.17) is 0 Å². The summed E-state index contributed by atoms with van der Waals surface area (Å²) in [5, 5.41) is 2.81. The number of amides is 1. The van der Waals surface area contributed by atoms with Crippen molar-refractivity contribution < 1.29 is 4.79 Å². The number of hydrogen-bond donors (Lipinski definition) is 1. The van der Waals surface area contributed by atoms with Crippen LogP contribution < -0.4 is 5.32 Å². The molecule has 1 N–H and O–H groups in total. The Morgan fingerprint density at radius 2 is 1.94 bits per heavy atom. The summed E-state index contributed by atoms with van der Waals surface area (Å²) in [6, 6.07) is 9.22. The second-order valence-corrected chi connectivity index (χ2v) is 3.61. The molecule has 4 heteroatoms. The van der Waals surface area contributed by atoms with Crippen LogP contribution in [0.15, 0.2) is 48.9 Å². The zero-order valence-electron chi connectivity index (χ0n) is 9.34. The van der Waals surface area contributed by atoms with Gasteiger partial charge in [0.15, 0.2) is 0 Å². The lowest BCUT2D eigenvalue weighted by atomic mass is 10.2. The average molecular weight is 227 g/mol. The summed E-state index contributed by atoms with van der Waals surface area (Å²) >= 11 is 0. The molecule has 17 heavy (non-hydrogen) atoms. The van der Waals surface area contributed by atoms with Crippen LogP contribution in [0, 0.1) is 0 Å². The molecule has 0 spiro atoms. The number of anilines is 1. The molecule has 0 saturated carbocycles. The third-order valence-corrected chi connectivity index (χ3v) is 2.30. The molecule has 0 unspecified atom stereocenters. The highest BCUT2D eigenvalue weighted by Gasteiger charge is 2.03. The number of aryl methyl sites for hydroxylation is 1. The van der Waals surface area contributed by atoms with Crippen LogP contribution in [0.3, 0.4) is 0 Å². The topological polar surface area (TPSA) is 54.9 Å². The second-order valence-electron chi connectivity index (χ2n) is 3.61. The summed E-state index contributed by atoms with van der Waals surface area (Å²) in [6.07, 6.45) is 6.11. The number of nitrogens with zero attached hydrogens (tertiary/aromatic N) is 2. The third kappa shape index (κ3) is 3.68. The lowest BCUT2D eigenvalue weighted by molar-refractivity contribution is -0.116. The van der Waals surface area contributed by atoms with Crippen LogP contribution in [0.2, 0.25) is 0 Å². The number of rotatable bonds is 4. The zero-order valence-corrected chi connectivity index (χ0v) is 9.34. The van der Waals surface area contributed by atoms with Gasteiger partial charge in [0.05, 0.1) is 0 Å². The van der Waals surface area contributed by atoms with Gasteiger partial charge in [-0.25, -0.2) is 0 Å². The Morgan fingerprint density at radius 3 is 2.65 bits per heavy atom. The Kier molecular flexibility index (Phi) is 3.81. The predicted octanol–water partition coefficient (Wildman–Crippen LogP) is 2.05. The first-order chi connectivity index (χ1) is 8.34. The molecule has 0 aliphatic heterocycles. The van der Waals surface area contributed by atoms with Crippen molar-refractivity contribution in [3.63, 3.8) is 0 Å². The Morgan fingerprint density at radius 1 is 1.12 bits per heavy atom. The monoisotopic (exact) mass is 227 g/mol.